The molecule has 3 rings (SSSR count). The largest absolute Gasteiger partial charge is 0.497 e. The molecule has 1 heterocycles. The molecule has 0 unspecified atom stereocenters. The highest BCUT2D eigenvalue weighted by molar-refractivity contribution is 5.64. The average molecular weight is 328 g/mol. The zero-order valence-corrected chi connectivity index (χ0v) is 14.3. The molecule has 2 aromatic carbocycles. The highest BCUT2D eigenvalue weighted by atomic mass is 16.7. The Bertz CT molecular complexity index is 624. The van der Waals surface area contributed by atoms with Crippen molar-refractivity contribution in [2.75, 3.05) is 33.7 Å². The molecule has 4 heteroatoms. The summed E-state index contributed by atoms with van der Waals surface area (Å²) in [4.78, 5) is 0. The molecule has 0 radical (unpaired) electrons. The molecule has 0 N–H and O–H groups in total. The number of rotatable bonds is 8. The predicted molar refractivity (Wildman–Crippen MR) is 93.4 cm³/mol. The topological polar surface area (TPSA) is 36.9 Å². The molecule has 0 saturated carbocycles. The zero-order chi connectivity index (χ0) is 16.8. The van der Waals surface area contributed by atoms with Gasteiger partial charge in [-0.15, -0.1) is 0 Å². The van der Waals surface area contributed by atoms with Crippen molar-refractivity contribution in [3.05, 3.63) is 48.5 Å². The van der Waals surface area contributed by atoms with E-state index in [-0.39, 0.29) is 12.2 Å². The molecule has 0 amide bonds. The van der Waals surface area contributed by atoms with Gasteiger partial charge in [-0.25, -0.2) is 0 Å². The first-order valence-electron chi connectivity index (χ1n) is 8.27. The van der Waals surface area contributed by atoms with Crippen LogP contribution in [0.1, 0.15) is 13.3 Å². The highest BCUT2D eigenvalue weighted by Crippen LogP contribution is 2.31. The maximum Gasteiger partial charge on any atom is 0.189 e. The minimum absolute atomic E-state index is 0.196. The molecule has 0 aliphatic carbocycles. The Balaban J connectivity index is 1.49. The van der Waals surface area contributed by atoms with Crippen LogP contribution in [0, 0.1) is 5.41 Å². The number of benzene rings is 2. The second kappa shape index (κ2) is 7.69. The SMILES string of the molecule is CCC1(COCOc2ccc(-c3ccc(OC)cc3)cc2)COC1. The van der Waals surface area contributed by atoms with E-state index in [1.807, 2.05) is 48.5 Å². The van der Waals surface area contributed by atoms with Gasteiger partial charge in [-0.2, -0.15) is 0 Å². The molecule has 1 aliphatic rings. The number of ether oxygens (including phenoxy) is 4. The summed E-state index contributed by atoms with van der Waals surface area (Å²) in [6, 6.07) is 16.0. The van der Waals surface area contributed by atoms with Crippen molar-refractivity contribution in [3.8, 4) is 22.6 Å². The van der Waals surface area contributed by atoms with Crippen molar-refractivity contribution in [1.29, 1.82) is 0 Å². The third-order valence-electron chi connectivity index (χ3n) is 4.56. The van der Waals surface area contributed by atoms with E-state index in [9.17, 15) is 0 Å². The van der Waals surface area contributed by atoms with Crippen LogP contribution in [0.2, 0.25) is 0 Å². The lowest BCUT2D eigenvalue weighted by Crippen LogP contribution is -2.45. The van der Waals surface area contributed by atoms with Crippen LogP contribution in [0.4, 0.5) is 0 Å². The van der Waals surface area contributed by atoms with Gasteiger partial charge in [-0.1, -0.05) is 31.2 Å². The van der Waals surface area contributed by atoms with Crippen molar-refractivity contribution in [2.45, 2.75) is 13.3 Å². The quantitative estimate of drug-likeness (QED) is 0.539. The predicted octanol–water partition coefficient (Wildman–Crippen LogP) is 4.14. The van der Waals surface area contributed by atoms with Gasteiger partial charge in [0, 0.05) is 5.41 Å². The molecule has 24 heavy (non-hydrogen) atoms. The third-order valence-corrected chi connectivity index (χ3v) is 4.56. The molecular weight excluding hydrogens is 304 g/mol. The fourth-order valence-corrected chi connectivity index (χ4v) is 2.68. The van der Waals surface area contributed by atoms with E-state index in [1.54, 1.807) is 7.11 Å². The van der Waals surface area contributed by atoms with Crippen molar-refractivity contribution in [1.82, 2.24) is 0 Å². The summed E-state index contributed by atoms with van der Waals surface area (Å²) in [5.41, 5.74) is 2.48. The van der Waals surface area contributed by atoms with Crippen molar-refractivity contribution in [3.63, 3.8) is 0 Å². The summed E-state index contributed by atoms with van der Waals surface area (Å²) in [6.07, 6.45) is 1.07. The van der Waals surface area contributed by atoms with E-state index in [0.717, 1.165) is 42.3 Å². The van der Waals surface area contributed by atoms with E-state index in [0.29, 0.717) is 6.61 Å². The molecule has 0 spiro atoms. The smallest absolute Gasteiger partial charge is 0.189 e. The second-order valence-electron chi connectivity index (χ2n) is 6.21. The maximum atomic E-state index is 5.66. The molecule has 128 valence electrons. The zero-order valence-electron chi connectivity index (χ0n) is 14.3. The molecule has 4 nitrogen and oxygen atoms in total. The first-order chi connectivity index (χ1) is 11.7. The average Bonchev–Trinajstić information content (AvgIpc) is 2.61. The van der Waals surface area contributed by atoms with E-state index >= 15 is 0 Å². The van der Waals surface area contributed by atoms with Gasteiger partial charge in [0.25, 0.3) is 0 Å². The van der Waals surface area contributed by atoms with Crippen molar-refractivity contribution in [2.24, 2.45) is 5.41 Å². The van der Waals surface area contributed by atoms with Gasteiger partial charge in [-0.3, -0.25) is 0 Å². The molecule has 0 bridgehead atoms. The van der Waals surface area contributed by atoms with Crippen LogP contribution in [0.15, 0.2) is 48.5 Å². The fourth-order valence-electron chi connectivity index (χ4n) is 2.68. The second-order valence-corrected chi connectivity index (χ2v) is 6.21. The van der Waals surface area contributed by atoms with Crippen LogP contribution < -0.4 is 9.47 Å². The standard InChI is InChI=1S/C20H24O4/c1-3-20(12-22-13-20)14-23-15-24-19-10-6-17(7-11-19)16-4-8-18(21-2)9-5-16/h4-11H,3,12-15H2,1-2H3. The summed E-state index contributed by atoms with van der Waals surface area (Å²) in [6.45, 7) is 4.71. The molecule has 0 aromatic heterocycles. The lowest BCUT2D eigenvalue weighted by Gasteiger charge is -2.40. The highest BCUT2D eigenvalue weighted by Gasteiger charge is 2.36. The molecule has 1 saturated heterocycles. The van der Waals surface area contributed by atoms with Crippen LogP contribution in [-0.2, 0) is 9.47 Å². The van der Waals surface area contributed by atoms with Gasteiger partial charge in [0.05, 0.1) is 26.9 Å². The Hall–Kier alpha value is -2.04. The van der Waals surface area contributed by atoms with Crippen molar-refractivity contribution < 1.29 is 18.9 Å². The van der Waals surface area contributed by atoms with Crippen LogP contribution in [0.25, 0.3) is 11.1 Å². The van der Waals surface area contributed by atoms with Crippen LogP contribution in [0.3, 0.4) is 0 Å². The molecule has 1 aliphatic heterocycles. The lowest BCUT2D eigenvalue weighted by atomic mass is 9.84. The number of methoxy groups -OCH3 is 1. The Morgan fingerprint density at radius 3 is 1.96 bits per heavy atom. The Morgan fingerprint density at radius 2 is 1.50 bits per heavy atom. The van der Waals surface area contributed by atoms with Crippen LogP contribution >= 0.6 is 0 Å². The first kappa shape index (κ1) is 16.8. The van der Waals surface area contributed by atoms with E-state index in [1.165, 1.54) is 0 Å². The van der Waals surface area contributed by atoms with Gasteiger partial charge in [0.15, 0.2) is 6.79 Å². The maximum absolute atomic E-state index is 5.66. The molecular formula is C20H24O4. The monoisotopic (exact) mass is 328 g/mol. The minimum atomic E-state index is 0.196. The van der Waals surface area contributed by atoms with Crippen molar-refractivity contribution >= 4 is 0 Å². The Morgan fingerprint density at radius 1 is 0.917 bits per heavy atom. The number of hydrogen-bond acceptors (Lipinski definition) is 4. The molecule has 2 aromatic rings. The van der Waals surface area contributed by atoms with Gasteiger partial charge < -0.3 is 18.9 Å². The summed E-state index contributed by atoms with van der Waals surface area (Å²) in [5.74, 6) is 1.67. The lowest BCUT2D eigenvalue weighted by molar-refractivity contribution is -0.162. The molecule has 0 atom stereocenters. The summed E-state index contributed by atoms with van der Waals surface area (Å²) >= 11 is 0. The molecule has 1 fully saturated rings. The fraction of sp³-hybridized carbons (Fsp3) is 0.400. The summed E-state index contributed by atoms with van der Waals surface area (Å²) in [7, 11) is 1.67. The van der Waals surface area contributed by atoms with Crippen LogP contribution in [-0.4, -0.2) is 33.7 Å². The summed E-state index contributed by atoms with van der Waals surface area (Å²) < 4.78 is 21.8. The van der Waals surface area contributed by atoms with Gasteiger partial charge in [0.1, 0.15) is 11.5 Å². The van der Waals surface area contributed by atoms with Gasteiger partial charge in [-0.05, 0) is 41.8 Å². The van der Waals surface area contributed by atoms with Gasteiger partial charge in [0.2, 0.25) is 0 Å². The normalized spacial score (nSPS) is 15.6. The van der Waals surface area contributed by atoms with E-state index in [2.05, 4.69) is 6.92 Å². The number of hydrogen-bond donors (Lipinski definition) is 0. The Kier molecular flexibility index (Phi) is 5.38. The Labute approximate surface area is 143 Å². The minimum Gasteiger partial charge on any atom is -0.497 e. The summed E-state index contributed by atoms with van der Waals surface area (Å²) in [5, 5.41) is 0. The van der Waals surface area contributed by atoms with E-state index < -0.39 is 0 Å². The first-order valence-corrected chi connectivity index (χ1v) is 8.27. The van der Waals surface area contributed by atoms with E-state index in [4.69, 9.17) is 18.9 Å². The third kappa shape index (κ3) is 3.89. The van der Waals surface area contributed by atoms with Crippen LogP contribution in [0.5, 0.6) is 11.5 Å². The van der Waals surface area contributed by atoms with Gasteiger partial charge >= 0.3 is 0 Å².